The van der Waals surface area contributed by atoms with Crippen LogP contribution in [0.15, 0.2) is 30.3 Å². The first kappa shape index (κ1) is 30.4. The van der Waals surface area contributed by atoms with Gasteiger partial charge in [-0.3, -0.25) is 4.79 Å². The van der Waals surface area contributed by atoms with E-state index >= 15 is 4.39 Å². The lowest BCUT2D eigenvalue weighted by Crippen LogP contribution is -2.29. The third-order valence-electron chi connectivity index (χ3n) is 8.07. The smallest absolute Gasteiger partial charge is 0.337 e. The summed E-state index contributed by atoms with van der Waals surface area (Å²) in [5.74, 6) is -0.669. The van der Waals surface area contributed by atoms with Gasteiger partial charge in [0.2, 0.25) is 0 Å². The first-order chi connectivity index (χ1) is 20.4. The Hall–Kier alpha value is -4.11. The molecule has 0 saturated carbocycles. The van der Waals surface area contributed by atoms with Gasteiger partial charge in [-0.2, -0.15) is 0 Å². The molecule has 0 unspecified atom stereocenters. The average molecular weight is 592 g/mol. The van der Waals surface area contributed by atoms with Gasteiger partial charge in [-0.1, -0.05) is 0 Å². The number of anilines is 1. The van der Waals surface area contributed by atoms with Crippen LogP contribution >= 0.6 is 0 Å². The largest absolute Gasteiger partial charge is 0.493 e. The standard InChI is InChI=1S/C34H38FNO7/c1-18-15-25-22(12-13-36(25)32(37)20-10-11-26(40-6)27(16-20)41-7)29(28(18)31(33(38)39)43-34(3,4)5)23-17-24(35)30-21(19(23)2)9-8-14-42-30/h10-11,15-17,31H,8-9,12-14H2,1-7H3,(H,38,39)/t31-/m0/s1. The van der Waals surface area contributed by atoms with Crippen molar-refractivity contribution in [2.24, 2.45) is 0 Å². The third-order valence-corrected chi connectivity index (χ3v) is 8.07. The van der Waals surface area contributed by atoms with E-state index in [1.165, 1.54) is 20.3 Å². The fraction of sp³-hybridized carbons (Fsp3) is 0.412. The number of carboxylic acid groups (broad SMARTS) is 1. The predicted molar refractivity (Wildman–Crippen MR) is 161 cm³/mol. The van der Waals surface area contributed by atoms with Crippen LogP contribution in [0.25, 0.3) is 11.1 Å². The van der Waals surface area contributed by atoms with Gasteiger partial charge in [-0.15, -0.1) is 0 Å². The molecule has 3 aromatic rings. The van der Waals surface area contributed by atoms with Crippen LogP contribution in [-0.4, -0.2) is 50.0 Å². The number of carbonyl (C=O) groups excluding carboxylic acids is 1. The second-order valence-corrected chi connectivity index (χ2v) is 12.0. The number of fused-ring (bicyclic) bond motifs is 2. The molecule has 8 nitrogen and oxygen atoms in total. The molecule has 43 heavy (non-hydrogen) atoms. The van der Waals surface area contributed by atoms with E-state index < -0.39 is 23.5 Å². The molecular weight excluding hydrogens is 553 g/mol. The van der Waals surface area contributed by atoms with Gasteiger partial charge < -0.3 is 29.0 Å². The first-order valence-corrected chi connectivity index (χ1v) is 14.4. The molecule has 228 valence electrons. The van der Waals surface area contributed by atoms with Crippen LogP contribution in [0.5, 0.6) is 17.2 Å². The number of ether oxygens (including phenoxy) is 4. The molecule has 0 saturated heterocycles. The summed E-state index contributed by atoms with van der Waals surface area (Å²) >= 11 is 0. The molecule has 1 amide bonds. The Kier molecular flexibility index (Phi) is 8.13. The number of aryl methyl sites for hydroxylation is 1. The number of benzene rings is 3. The van der Waals surface area contributed by atoms with Gasteiger partial charge in [-0.05, 0) is 112 Å². The lowest BCUT2D eigenvalue weighted by Gasteiger charge is -2.30. The van der Waals surface area contributed by atoms with Crippen LogP contribution < -0.4 is 19.1 Å². The fourth-order valence-corrected chi connectivity index (χ4v) is 6.18. The number of nitrogens with zero attached hydrogens (tertiary/aromatic N) is 1. The molecule has 0 fully saturated rings. The summed E-state index contributed by atoms with van der Waals surface area (Å²) in [7, 11) is 3.04. The lowest BCUT2D eigenvalue weighted by molar-refractivity contribution is -0.160. The zero-order chi connectivity index (χ0) is 31.2. The van der Waals surface area contributed by atoms with Gasteiger partial charge >= 0.3 is 5.97 Å². The van der Waals surface area contributed by atoms with Gasteiger partial charge in [-0.25, -0.2) is 9.18 Å². The normalized spacial score (nSPS) is 14.9. The Morgan fingerprint density at radius 2 is 1.74 bits per heavy atom. The number of hydrogen-bond acceptors (Lipinski definition) is 6. The molecule has 2 aliphatic heterocycles. The SMILES string of the molecule is COc1ccc(C(=O)N2CCc3c2cc(C)c([C@H](OC(C)(C)C)C(=O)O)c3-c2cc(F)c3c(c2C)CCCO3)cc1OC. The van der Waals surface area contributed by atoms with E-state index in [0.29, 0.717) is 71.0 Å². The van der Waals surface area contributed by atoms with Gasteiger partial charge in [0.1, 0.15) is 0 Å². The molecule has 0 aromatic heterocycles. The van der Waals surface area contributed by atoms with Crippen LogP contribution in [0.4, 0.5) is 10.1 Å². The quantitative estimate of drug-likeness (QED) is 0.331. The number of methoxy groups -OCH3 is 2. The number of amides is 1. The van der Waals surface area contributed by atoms with Crippen molar-refractivity contribution in [3.05, 3.63) is 69.5 Å². The van der Waals surface area contributed by atoms with Crippen molar-refractivity contribution in [2.75, 3.05) is 32.3 Å². The summed E-state index contributed by atoms with van der Waals surface area (Å²) in [6, 6.07) is 8.29. The summed E-state index contributed by atoms with van der Waals surface area (Å²) in [5, 5.41) is 10.4. The van der Waals surface area contributed by atoms with Crippen molar-refractivity contribution >= 4 is 17.6 Å². The molecule has 0 spiro atoms. The summed E-state index contributed by atoms with van der Waals surface area (Å²) in [4.78, 5) is 28.3. The van der Waals surface area contributed by atoms with E-state index in [2.05, 4.69) is 0 Å². The number of carbonyl (C=O) groups is 2. The Bertz CT molecular complexity index is 1610. The minimum Gasteiger partial charge on any atom is -0.493 e. The zero-order valence-electron chi connectivity index (χ0n) is 25.7. The lowest BCUT2D eigenvalue weighted by atomic mass is 9.83. The third kappa shape index (κ3) is 5.54. The van der Waals surface area contributed by atoms with E-state index in [1.807, 2.05) is 19.9 Å². The highest BCUT2D eigenvalue weighted by Gasteiger charge is 2.37. The second-order valence-electron chi connectivity index (χ2n) is 12.0. The van der Waals surface area contributed by atoms with Crippen molar-refractivity contribution in [3.63, 3.8) is 0 Å². The number of rotatable bonds is 7. The maximum atomic E-state index is 15.6. The molecule has 2 heterocycles. The van der Waals surface area contributed by atoms with E-state index in [9.17, 15) is 14.7 Å². The maximum absolute atomic E-state index is 15.6. The van der Waals surface area contributed by atoms with E-state index in [-0.39, 0.29) is 11.7 Å². The Labute approximate surface area is 251 Å². The molecule has 1 N–H and O–H groups in total. The monoisotopic (exact) mass is 591 g/mol. The highest BCUT2D eigenvalue weighted by molar-refractivity contribution is 6.08. The highest BCUT2D eigenvalue weighted by Crippen LogP contribution is 2.48. The van der Waals surface area contributed by atoms with Crippen LogP contribution in [0.1, 0.15) is 71.5 Å². The van der Waals surface area contributed by atoms with Crippen molar-refractivity contribution in [3.8, 4) is 28.4 Å². The topological polar surface area (TPSA) is 94.5 Å². The van der Waals surface area contributed by atoms with E-state index in [1.54, 1.807) is 43.9 Å². The van der Waals surface area contributed by atoms with Gasteiger partial charge in [0.15, 0.2) is 29.2 Å². The number of carboxylic acids is 1. The van der Waals surface area contributed by atoms with Crippen LogP contribution in [0.2, 0.25) is 0 Å². The Balaban J connectivity index is 1.74. The highest BCUT2D eigenvalue weighted by atomic mass is 19.1. The molecule has 2 aliphatic rings. The molecule has 1 atom stereocenters. The molecule has 0 aliphatic carbocycles. The average Bonchev–Trinajstić information content (AvgIpc) is 3.39. The van der Waals surface area contributed by atoms with Crippen LogP contribution in [0, 0.1) is 19.7 Å². The van der Waals surface area contributed by atoms with Crippen LogP contribution in [-0.2, 0) is 22.4 Å². The minimum absolute atomic E-state index is 0.236. The predicted octanol–water partition coefficient (Wildman–Crippen LogP) is 6.60. The number of halogens is 1. The number of aliphatic carboxylic acids is 1. The fourth-order valence-electron chi connectivity index (χ4n) is 6.18. The second kappa shape index (κ2) is 11.5. The van der Waals surface area contributed by atoms with E-state index in [0.717, 1.165) is 23.1 Å². The molecule has 0 radical (unpaired) electrons. The first-order valence-electron chi connectivity index (χ1n) is 14.4. The van der Waals surface area contributed by atoms with Crippen LogP contribution in [0.3, 0.4) is 0 Å². The molecule has 3 aromatic carbocycles. The zero-order valence-corrected chi connectivity index (χ0v) is 25.7. The van der Waals surface area contributed by atoms with Gasteiger partial charge in [0.05, 0.1) is 26.4 Å². The Morgan fingerprint density at radius 1 is 1.02 bits per heavy atom. The van der Waals surface area contributed by atoms with Crippen molar-refractivity contribution < 1.29 is 38.0 Å². The van der Waals surface area contributed by atoms with Crippen molar-refractivity contribution in [1.82, 2.24) is 0 Å². The number of hydrogen-bond donors (Lipinski definition) is 1. The molecular formula is C34H38FNO7. The summed E-state index contributed by atoms with van der Waals surface area (Å²) in [6.45, 7) is 9.95. The summed E-state index contributed by atoms with van der Waals surface area (Å²) in [6.07, 6.45) is 0.548. The molecule has 0 bridgehead atoms. The molecule has 9 heteroatoms. The van der Waals surface area contributed by atoms with Gasteiger partial charge in [0.25, 0.3) is 5.91 Å². The van der Waals surface area contributed by atoms with Crippen molar-refractivity contribution in [2.45, 2.75) is 65.6 Å². The maximum Gasteiger partial charge on any atom is 0.337 e. The van der Waals surface area contributed by atoms with E-state index in [4.69, 9.17) is 18.9 Å². The van der Waals surface area contributed by atoms with Gasteiger partial charge in [0, 0.05) is 28.9 Å². The van der Waals surface area contributed by atoms with Crippen molar-refractivity contribution in [1.29, 1.82) is 0 Å². The minimum atomic E-state index is -1.31. The Morgan fingerprint density at radius 3 is 2.40 bits per heavy atom. The summed E-state index contributed by atoms with van der Waals surface area (Å²) in [5.41, 5.74) is 4.96. The molecule has 5 rings (SSSR count). The summed E-state index contributed by atoms with van der Waals surface area (Å²) < 4.78 is 38.2.